The van der Waals surface area contributed by atoms with Crippen molar-refractivity contribution in [1.82, 2.24) is 0 Å². The van der Waals surface area contributed by atoms with Crippen molar-refractivity contribution in [3.63, 3.8) is 0 Å². The van der Waals surface area contributed by atoms with E-state index in [9.17, 15) is 9.59 Å². The lowest BCUT2D eigenvalue weighted by Crippen LogP contribution is -2.37. The van der Waals surface area contributed by atoms with Gasteiger partial charge in [-0.25, -0.2) is 4.79 Å². The molecule has 0 unspecified atom stereocenters. The first-order valence-electron chi connectivity index (χ1n) is 8.98. The number of hydrogen-bond donors (Lipinski definition) is 0. The average molecular weight is 452 g/mol. The SMILES string of the molecule is COC(=O)c1sc(C#CC(C)(C)C)cc1N(C(=O)c1ccc(Cl)cc1Cl)C(C)C. The number of hydrogen-bond acceptors (Lipinski definition) is 4. The van der Waals surface area contributed by atoms with Gasteiger partial charge in [-0.1, -0.05) is 35.0 Å². The first-order chi connectivity index (χ1) is 13.4. The van der Waals surface area contributed by atoms with Gasteiger partial charge in [-0.15, -0.1) is 11.3 Å². The van der Waals surface area contributed by atoms with Crippen LogP contribution in [0.4, 0.5) is 5.69 Å². The molecule has 0 spiro atoms. The summed E-state index contributed by atoms with van der Waals surface area (Å²) < 4.78 is 4.93. The number of thiophene rings is 1. The molecule has 0 fully saturated rings. The van der Waals surface area contributed by atoms with Crippen molar-refractivity contribution >= 4 is 52.1 Å². The van der Waals surface area contributed by atoms with Crippen LogP contribution in [0.1, 0.15) is 59.5 Å². The molecule has 7 heteroatoms. The van der Waals surface area contributed by atoms with Gasteiger partial charge in [-0.2, -0.15) is 0 Å². The first-order valence-corrected chi connectivity index (χ1v) is 10.6. The van der Waals surface area contributed by atoms with Crippen molar-refractivity contribution in [3.05, 3.63) is 49.6 Å². The lowest BCUT2D eigenvalue weighted by molar-refractivity contribution is 0.0607. The van der Waals surface area contributed by atoms with Gasteiger partial charge in [0.05, 0.1) is 28.3 Å². The molecule has 0 aliphatic rings. The summed E-state index contributed by atoms with van der Waals surface area (Å²) in [6.45, 7) is 9.73. The van der Waals surface area contributed by atoms with E-state index < -0.39 is 5.97 Å². The van der Waals surface area contributed by atoms with Crippen LogP contribution in [0, 0.1) is 17.3 Å². The minimum atomic E-state index is -0.519. The largest absolute Gasteiger partial charge is 0.465 e. The number of methoxy groups -OCH3 is 1. The molecule has 154 valence electrons. The average Bonchev–Trinajstić information content (AvgIpc) is 3.02. The summed E-state index contributed by atoms with van der Waals surface area (Å²) >= 11 is 13.4. The van der Waals surface area contributed by atoms with Gasteiger partial charge in [-0.3, -0.25) is 4.79 Å². The summed E-state index contributed by atoms with van der Waals surface area (Å²) in [6, 6.07) is 6.21. The molecule has 1 heterocycles. The van der Waals surface area contributed by atoms with Crippen LogP contribution in [0.2, 0.25) is 10.0 Å². The molecule has 0 saturated heterocycles. The standard InChI is InChI=1S/C22H23Cl2NO3S/c1-13(2)25(20(26)16-8-7-14(23)11-17(16)24)18-12-15(9-10-22(3,4)5)29-19(18)21(27)28-6/h7-8,11-13H,1-6H3. The topological polar surface area (TPSA) is 46.6 Å². The predicted molar refractivity (Wildman–Crippen MR) is 120 cm³/mol. The maximum absolute atomic E-state index is 13.3. The van der Waals surface area contributed by atoms with Crippen molar-refractivity contribution in [2.75, 3.05) is 12.0 Å². The van der Waals surface area contributed by atoms with Crippen LogP contribution < -0.4 is 4.90 Å². The number of amides is 1. The van der Waals surface area contributed by atoms with Crippen molar-refractivity contribution < 1.29 is 14.3 Å². The number of carbonyl (C=O) groups excluding carboxylic acids is 2. The van der Waals surface area contributed by atoms with Crippen LogP contribution in [0.15, 0.2) is 24.3 Å². The van der Waals surface area contributed by atoms with Gasteiger partial charge in [0.25, 0.3) is 5.91 Å². The fourth-order valence-corrected chi connectivity index (χ4v) is 3.94. The minimum absolute atomic E-state index is 0.194. The van der Waals surface area contributed by atoms with E-state index in [4.69, 9.17) is 27.9 Å². The molecule has 4 nitrogen and oxygen atoms in total. The number of halogens is 2. The van der Waals surface area contributed by atoms with Crippen molar-refractivity contribution in [2.45, 2.75) is 40.7 Å². The van der Waals surface area contributed by atoms with E-state index in [1.807, 2.05) is 34.6 Å². The van der Waals surface area contributed by atoms with Gasteiger partial charge in [0.1, 0.15) is 4.88 Å². The predicted octanol–water partition coefficient (Wildman–Crippen LogP) is 6.29. The quantitative estimate of drug-likeness (QED) is 0.404. The summed E-state index contributed by atoms with van der Waals surface area (Å²) in [5.41, 5.74) is 0.556. The third-order valence-corrected chi connectivity index (χ3v) is 5.37. The highest BCUT2D eigenvalue weighted by atomic mass is 35.5. The second kappa shape index (κ2) is 9.21. The summed E-state index contributed by atoms with van der Waals surface area (Å²) in [6.07, 6.45) is 0. The number of nitrogens with zero attached hydrogens (tertiary/aromatic N) is 1. The van der Waals surface area contributed by atoms with Gasteiger partial charge in [-0.05, 0) is 58.9 Å². The van der Waals surface area contributed by atoms with Crippen molar-refractivity contribution in [2.24, 2.45) is 5.41 Å². The van der Waals surface area contributed by atoms with Crippen molar-refractivity contribution in [1.29, 1.82) is 0 Å². The summed E-state index contributed by atoms with van der Waals surface area (Å²) in [4.78, 5) is 28.3. The van der Waals surface area contributed by atoms with Gasteiger partial charge < -0.3 is 9.64 Å². The van der Waals surface area contributed by atoms with E-state index in [0.29, 0.717) is 26.0 Å². The van der Waals surface area contributed by atoms with Crippen LogP contribution in [-0.4, -0.2) is 25.0 Å². The van der Waals surface area contributed by atoms with Crippen LogP contribution in [0.25, 0.3) is 0 Å². The normalized spacial score (nSPS) is 11.1. The fraction of sp³-hybridized carbons (Fsp3) is 0.364. The molecule has 29 heavy (non-hydrogen) atoms. The molecule has 2 aromatic rings. The number of carbonyl (C=O) groups is 2. The Hall–Kier alpha value is -2.00. The second-order valence-electron chi connectivity index (χ2n) is 7.71. The Kier molecular flexibility index (Phi) is 7.40. The number of anilines is 1. The Balaban J connectivity index is 2.61. The van der Waals surface area contributed by atoms with E-state index >= 15 is 0 Å². The Morgan fingerprint density at radius 1 is 1.17 bits per heavy atom. The van der Waals surface area contributed by atoms with Crippen LogP contribution in [0.5, 0.6) is 0 Å². The molecule has 2 rings (SSSR count). The third kappa shape index (κ3) is 5.76. The number of esters is 1. The van der Waals surface area contributed by atoms with Crippen molar-refractivity contribution in [3.8, 4) is 11.8 Å². The Labute approximate surface area is 185 Å². The van der Waals surface area contributed by atoms with E-state index in [0.717, 1.165) is 0 Å². The zero-order chi connectivity index (χ0) is 21.9. The number of benzene rings is 1. The number of rotatable bonds is 4. The molecule has 1 aromatic carbocycles. The molecule has 0 atom stereocenters. The van der Waals surface area contributed by atoms with E-state index in [1.165, 1.54) is 29.4 Å². The lowest BCUT2D eigenvalue weighted by atomic mass is 9.98. The first kappa shape index (κ1) is 23.3. The monoisotopic (exact) mass is 451 g/mol. The summed E-state index contributed by atoms with van der Waals surface area (Å²) in [5.74, 6) is 5.39. The minimum Gasteiger partial charge on any atom is -0.465 e. The second-order valence-corrected chi connectivity index (χ2v) is 9.61. The highest BCUT2D eigenvalue weighted by Gasteiger charge is 2.29. The van der Waals surface area contributed by atoms with Crippen LogP contribution in [0.3, 0.4) is 0 Å². The highest BCUT2D eigenvalue weighted by molar-refractivity contribution is 7.15. The maximum Gasteiger partial charge on any atom is 0.350 e. The van der Waals surface area contributed by atoms with Gasteiger partial charge in [0.15, 0.2) is 0 Å². The molecular weight excluding hydrogens is 429 g/mol. The Bertz CT molecular complexity index is 994. The molecule has 0 aliphatic carbocycles. The summed E-state index contributed by atoms with van der Waals surface area (Å²) in [5, 5.41) is 0.684. The third-order valence-electron chi connectivity index (χ3n) is 3.80. The molecule has 0 saturated carbocycles. The maximum atomic E-state index is 13.3. The van der Waals surface area contributed by atoms with Gasteiger partial charge >= 0.3 is 5.97 Å². The highest BCUT2D eigenvalue weighted by Crippen LogP contribution is 2.34. The zero-order valence-corrected chi connectivity index (χ0v) is 19.6. The van der Waals surface area contributed by atoms with Crippen LogP contribution in [-0.2, 0) is 4.74 Å². The van der Waals surface area contributed by atoms with Crippen LogP contribution >= 0.6 is 34.5 Å². The Morgan fingerprint density at radius 2 is 1.83 bits per heavy atom. The van der Waals surface area contributed by atoms with E-state index in [1.54, 1.807) is 18.2 Å². The Morgan fingerprint density at radius 3 is 2.34 bits per heavy atom. The molecule has 0 aliphatic heterocycles. The smallest absolute Gasteiger partial charge is 0.350 e. The molecular formula is C22H23Cl2NO3S. The van der Waals surface area contributed by atoms with E-state index in [2.05, 4.69) is 11.8 Å². The van der Waals surface area contributed by atoms with E-state index in [-0.39, 0.29) is 22.4 Å². The zero-order valence-electron chi connectivity index (χ0n) is 17.2. The van der Waals surface area contributed by atoms with Gasteiger partial charge in [0, 0.05) is 16.5 Å². The lowest BCUT2D eigenvalue weighted by Gasteiger charge is -2.27. The molecule has 1 aromatic heterocycles. The summed E-state index contributed by atoms with van der Waals surface area (Å²) in [7, 11) is 1.31. The molecule has 1 amide bonds. The number of ether oxygens (including phenoxy) is 1. The van der Waals surface area contributed by atoms with Gasteiger partial charge in [0.2, 0.25) is 0 Å². The molecule has 0 radical (unpaired) electrons. The molecule has 0 N–H and O–H groups in total. The fourth-order valence-electron chi connectivity index (χ4n) is 2.52. The molecule has 0 bridgehead atoms.